The van der Waals surface area contributed by atoms with Crippen LogP contribution in [-0.2, 0) is 16.0 Å². The average Bonchev–Trinajstić information content (AvgIpc) is 3.09. The molecular weight excluding hydrogens is 332 g/mol. The van der Waals surface area contributed by atoms with Crippen molar-refractivity contribution in [2.24, 2.45) is 0 Å². The van der Waals surface area contributed by atoms with Crippen LogP contribution >= 0.6 is 0 Å². The van der Waals surface area contributed by atoms with Crippen LogP contribution in [0.3, 0.4) is 0 Å². The molecule has 1 amide bonds. The number of benzene rings is 1. The molecule has 0 atom stereocenters. The van der Waals surface area contributed by atoms with E-state index in [4.69, 9.17) is 9.26 Å². The number of hydrogen-bond donors (Lipinski definition) is 1. The van der Waals surface area contributed by atoms with Crippen LogP contribution in [0.15, 0.2) is 28.8 Å². The summed E-state index contributed by atoms with van der Waals surface area (Å²) in [6.45, 7) is 10.8. The van der Waals surface area contributed by atoms with Crippen LogP contribution in [0, 0.1) is 6.92 Å². The molecule has 0 unspecified atom stereocenters. The summed E-state index contributed by atoms with van der Waals surface area (Å²) in [4.78, 5) is 18.5. The van der Waals surface area contributed by atoms with Gasteiger partial charge in [0.15, 0.2) is 0 Å². The lowest BCUT2D eigenvalue weighted by atomic mass is 10.1. The molecule has 0 aliphatic heterocycles. The number of carbonyl (C=O) groups excluding carboxylic acids is 1. The molecule has 0 saturated carbocycles. The van der Waals surface area contributed by atoms with Crippen molar-refractivity contribution >= 4 is 5.91 Å². The zero-order chi connectivity index (χ0) is 18.8. The van der Waals surface area contributed by atoms with Gasteiger partial charge in [-0.25, -0.2) is 0 Å². The molecule has 0 radical (unpaired) electrons. The maximum absolute atomic E-state index is 12.0. The van der Waals surface area contributed by atoms with Gasteiger partial charge in [0.1, 0.15) is 6.42 Å². The summed E-state index contributed by atoms with van der Waals surface area (Å²) in [6, 6.07) is 7.79. The van der Waals surface area contributed by atoms with Crippen molar-refractivity contribution in [2.75, 3.05) is 39.4 Å². The van der Waals surface area contributed by atoms with E-state index in [1.807, 2.05) is 31.2 Å². The van der Waals surface area contributed by atoms with Gasteiger partial charge in [0.05, 0.1) is 13.2 Å². The first kappa shape index (κ1) is 20.1. The Labute approximate surface area is 154 Å². The van der Waals surface area contributed by atoms with E-state index in [0.717, 1.165) is 30.8 Å². The molecule has 1 aromatic carbocycles. The summed E-state index contributed by atoms with van der Waals surface area (Å²) >= 11 is 0. The Morgan fingerprint density at radius 1 is 1.23 bits per heavy atom. The molecule has 142 valence electrons. The van der Waals surface area contributed by atoms with Crippen molar-refractivity contribution in [3.63, 3.8) is 0 Å². The van der Waals surface area contributed by atoms with Gasteiger partial charge in [-0.1, -0.05) is 43.3 Å². The van der Waals surface area contributed by atoms with Crippen molar-refractivity contribution in [1.29, 1.82) is 0 Å². The highest BCUT2D eigenvalue weighted by molar-refractivity contribution is 5.77. The van der Waals surface area contributed by atoms with Gasteiger partial charge in [-0.05, 0) is 25.6 Å². The lowest BCUT2D eigenvalue weighted by Crippen LogP contribution is -2.31. The summed E-state index contributed by atoms with van der Waals surface area (Å²) in [5.74, 6) is 0.658. The second-order valence-corrected chi connectivity index (χ2v) is 5.99. The number of nitrogens with zero attached hydrogens (tertiary/aromatic N) is 3. The highest BCUT2D eigenvalue weighted by atomic mass is 16.5. The van der Waals surface area contributed by atoms with Crippen molar-refractivity contribution in [3.8, 4) is 11.4 Å². The quantitative estimate of drug-likeness (QED) is 0.618. The molecule has 0 aliphatic rings. The molecule has 1 heterocycles. The highest BCUT2D eigenvalue weighted by Gasteiger charge is 2.13. The number of aryl methyl sites for hydroxylation is 1. The molecule has 7 heteroatoms. The van der Waals surface area contributed by atoms with Crippen molar-refractivity contribution in [3.05, 3.63) is 35.7 Å². The monoisotopic (exact) mass is 360 g/mol. The maximum Gasteiger partial charge on any atom is 0.236 e. The minimum atomic E-state index is -0.155. The van der Waals surface area contributed by atoms with Crippen LogP contribution in [0.2, 0.25) is 0 Å². The van der Waals surface area contributed by atoms with Crippen molar-refractivity contribution < 1.29 is 14.1 Å². The number of carbonyl (C=O) groups is 1. The molecule has 0 fully saturated rings. The van der Waals surface area contributed by atoms with E-state index in [1.165, 1.54) is 0 Å². The summed E-state index contributed by atoms with van der Waals surface area (Å²) in [5, 5.41) is 6.76. The van der Waals surface area contributed by atoms with Gasteiger partial charge in [-0.3, -0.25) is 4.79 Å². The third kappa shape index (κ3) is 6.24. The molecule has 2 aromatic rings. The van der Waals surface area contributed by atoms with Crippen LogP contribution in [0.4, 0.5) is 0 Å². The number of ether oxygens (including phenoxy) is 1. The van der Waals surface area contributed by atoms with Gasteiger partial charge < -0.3 is 19.5 Å². The third-order valence-corrected chi connectivity index (χ3v) is 4.18. The fraction of sp³-hybridized carbons (Fsp3) is 0.526. The standard InChI is InChI=1S/C19H28N4O3/c1-4-23(5-2)11-13-25-12-10-20-17(24)14-18-21-19(22-26-18)16-9-7-6-8-15(16)3/h6-9H,4-5,10-14H2,1-3H3,(H,20,24). The fourth-order valence-corrected chi connectivity index (χ4v) is 2.56. The Balaban J connectivity index is 1.68. The van der Waals surface area contributed by atoms with E-state index < -0.39 is 0 Å². The summed E-state index contributed by atoms with van der Waals surface area (Å²) in [6.07, 6.45) is 0.0678. The van der Waals surface area contributed by atoms with Gasteiger partial charge in [0.25, 0.3) is 0 Å². The Morgan fingerprint density at radius 2 is 2.00 bits per heavy atom. The molecule has 2 rings (SSSR count). The first-order valence-corrected chi connectivity index (χ1v) is 9.09. The number of likely N-dealkylation sites (N-methyl/N-ethyl adjacent to an activating group) is 1. The average molecular weight is 360 g/mol. The second kappa shape index (κ2) is 10.7. The minimum Gasteiger partial charge on any atom is -0.378 e. The smallest absolute Gasteiger partial charge is 0.236 e. The zero-order valence-corrected chi connectivity index (χ0v) is 15.8. The lowest BCUT2D eigenvalue weighted by Gasteiger charge is -2.17. The Kier molecular flexibility index (Phi) is 8.24. The molecule has 7 nitrogen and oxygen atoms in total. The van der Waals surface area contributed by atoms with E-state index in [1.54, 1.807) is 0 Å². The number of aromatic nitrogens is 2. The Bertz CT molecular complexity index is 683. The minimum absolute atomic E-state index is 0.0678. The van der Waals surface area contributed by atoms with Gasteiger partial charge in [0, 0.05) is 18.7 Å². The van der Waals surface area contributed by atoms with E-state index in [0.29, 0.717) is 31.5 Å². The van der Waals surface area contributed by atoms with E-state index in [-0.39, 0.29) is 12.3 Å². The fourth-order valence-electron chi connectivity index (χ4n) is 2.56. The number of nitrogens with one attached hydrogen (secondary N) is 1. The van der Waals surface area contributed by atoms with Gasteiger partial charge in [0.2, 0.25) is 17.6 Å². The Morgan fingerprint density at radius 3 is 2.73 bits per heavy atom. The van der Waals surface area contributed by atoms with Crippen LogP contribution in [0.25, 0.3) is 11.4 Å². The molecular formula is C19H28N4O3. The Hall–Kier alpha value is -2.25. The molecule has 0 saturated heterocycles. The number of rotatable bonds is 11. The molecule has 1 aromatic heterocycles. The molecule has 0 bridgehead atoms. The first-order valence-electron chi connectivity index (χ1n) is 9.09. The normalized spacial score (nSPS) is 11.1. The molecule has 0 spiro atoms. The molecule has 26 heavy (non-hydrogen) atoms. The largest absolute Gasteiger partial charge is 0.378 e. The number of hydrogen-bond acceptors (Lipinski definition) is 6. The summed E-state index contributed by atoms with van der Waals surface area (Å²) < 4.78 is 10.7. The second-order valence-electron chi connectivity index (χ2n) is 5.99. The third-order valence-electron chi connectivity index (χ3n) is 4.18. The first-order chi connectivity index (χ1) is 12.6. The van der Waals surface area contributed by atoms with Crippen LogP contribution in [0.1, 0.15) is 25.3 Å². The van der Waals surface area contributed by atoms with Gasteiger partial charge in [-0.2, -0.15) is 4.98 Å². The van der Waals surface area contributed by atoms with Crippen LogP contribution < -0.4 is 5.32 Å². The highest BCUT2D eigenvalue weighted by Crippen LogP contribution is 2.19. The summed E-state index contributed by atoms with van der Waals surface area (Å²) in [5.41, 5.74) is 1.97. The lowest BCUT2D eigenvalue weighted by molar-refractivity contribution is -0.121. The SMILES string of the molecule is CCN(CC)CCOCCNC(=O)Cc1nc(-c2ccccc2C)no1. The van der Waals surface area contributed by atoms with Crippen molar-refractivity contribution in [2.45, 2.75) is 27.2 Å². The predicted octanol–water partition coefficient (Wildman–Crippen LogP) is 2.06. The van der Waals surface area contributed by atoms with E-state index >= 15 is 0 Å². The topological polar surface area (TPSA) is 80.5 Å². The van der Waals surface area contributed by atoms with Gasteiger partial charge in [-0.15, -0.1) is 0 Å². The van der Waals surface area contributed by atoms with Crippen LogP contribution in [-0.4, -0.2) is 60.3 Å². The predicted molar refractivity (Wildman–Crippen MR) is 99.8 cm³/mol. The van der Waals surface area contributed by atoms with Crippen LogP contribution in [0.5, 0.6) is 0 Å². The maximum atomic E-state index is 12.0. The van der Waals surface area contributed by atoms with E-state index in [2.05, 4.69) is 34.2 Å². The van der Waals surface area contributed by atoms with E-state index in [9.17, 15) is 4.79 Å². The molecule has 0 aliphatic carbocycles. The summed E-state index contributed by atoms with van der Waals surface area (Å²) in [7, 11) is 0. The van der Waals surface area contributed by atoms with Gasteiger partial charge >= 0.3 is 0 Å². The molecule has 1 N–H and O–H groups in total. The number of amides is 1. The van der Waals surface area contributed by atoms with Crippen molar-refractivity contribution in [1.82, 2.24) is 20.4 Å². The zero-order valence-electron chi connectivity index (χ0n) is 15.8.